The van der Waals surface area contributed by atoms with Gasteiger partial charge >= 0.3 is 0 Å². The molecule has 0 aliphatic carbocycles. The average molecular weight is 369 g/mol. The van der Waals surface area contributed by atoms with Gasteiger partial charge in [0.15, 0.2) is 0 Å². The molecule has 0 aliphatic heterocycles. The van der Waals surface area contributed by atoms with Crippen molar-refractivity contribution in [1.29, 1.82) is 0 Å². The summed E-state index contributed by atoms with van der Waals surface area (Å²) in [7, 11) is 3.87. The van der Waals surface area contributed by atoms with E-state index in [2.05, 4.69) is 17.1 Å². The summed E-state index contributed by atoms with van der Waals surface area (Å²) >= 11 is 0. The van der Waals surface area contributed by atoms with Gasteiger partial charge in [-0.3, -0.25) is 0 Å². The van der Waals surface area contributed by atoms with Crippen molar-refractivity contribution in [3.63, 3.8) is 0 Å². The minimum Gasteiger partial charge on any atom is -0.653 e. The number of hydrogen-bond acceptors (Lipinski definition) is 1. The zero-order valence-corrected chi connectivity index (χ0v) is 12.0. The van der Waals surface area contributed by atoms with E-state index in [0.717, 1.165) is 13.2 Å². The fraction of sp³-hybridized carbons (Fsp3) is 1.00. The number of rotatable bonds is 3. The Balaban J connectivity index is -0.000000149. The van der Waals surface area contributed by atoms with Crippen molar-refractivity contribution in [2.24, 2.45) is 0 Å². The SMILES string of the molecule is CC.CCN(C)C[N-]C.[U]. The number of nitrogens with zero attached hydrogens (tertiary/aromatic N) is 2. The molecule has 0 fully saturated rings. The van der Waals surface area contributed by atoms with Gasteiger partial charge in [0, 0.05) is 31.1 Å². The van der Waals surface area contributed by atoms with Crippen LogP contribution in [0.1, 0.15) is 20.8 Å². The molecule has 0 N–H and O–H groups in total. The van der Waals surface area contributed by atoms with Crippen LogP contribution < -0.4 is 0 Å². The van der Waals surface area contributed by atoms with Crippen molar-refractivity contribution in [2.75, 3.05) is 27.3 Å². The van der Waals surface area contributed by atoms with Crippen LogP contribution >= 0.6 is 0 Å². The molecule has 10 heavy (non-hydrogen) atoms. The van der Waals surface area contributed by atoms with E-state index in [1.54, 1.807) is 0 Å². The molecule has 0 rings (SSSR count). The summed E-state index contributed by atoms with van der Waals surface area (Å²) in [6.07, 6.45) is 0. The first kappa shape index (κ1) is 17.2. The van der Waals surface area contributed by atoms with E-state index in [0.29, 0.717) is 0 Å². The molecule has 0 saturated heterocycles. The summed E-state index contributed by atoms with van der Waals surface area (Å²) < 4.78 is 0. The van der Waals surface area contributed by atoms with Gasteiger partial charge in [0.1, 0.15) is 0 Å². The first-order valence-corrected chi connectivity index (χ1v) is 3.55. The second-order valence-electron chi connectivity index (χ2n) is 1.63. The van der Waals surface area contributed by atoms with Gasteiger partial charge in [0.05, 0.1) is 0 Å². The Labute approximate surface area is 89.1 Å². The van der Waals surface area contributed by atoms with Crippen molar-refractivity contribution in [1.82, 2.24) is 4.90 Å². The predicted octanol–water partition coefficient (Wildman–Crippen LogP) is 1.93. The maximum atomic E-state index is 3.93. The summed E-state index contributed by atoms with van der Waals surface area (Å²) in [5.74, 6) is 0. The summed E-state index contributed by atoms with van der Waals surface area (Å²) in [6, 6.07) is 0. The predicted molar refractivity (Wildman–Crippen MR) is 43.8 cm³/mol. The molecule has 0 amide bonds. The zero-order chi connectivity index (χ0) is 7.70. The van der Waals surface area contributed by atoms with Crippen molar-refractivity contribution in [3.8, 4) is 0 Å². The standard InChI is InChI=1S/C5H13N2.C2H6.U/c1-4-7(3)5-6-2;1-2;/h4-5H2,1-3H3;1-2H3;/q-1;;. The van der Waals surface area contributed by atoms with E-state index >= 15 is 0 Å². The Hall–Kier alpha value is 0.972. The summed E-state index contributed by atoms with van der Waals surface area (Å²) in [5, 5.41) is 3.93. The Bertz CT molecular complexity index is 42.6. The van der Waals surface area contributed by atoms with Crippen molar-refractivity contribution >= 4 is 0 Å². The van der Waals surface area contributed by atoms with Crippen molar-refractivity contribution < 1.29 is 31.1 Å². The molecule has 0 aromatic heterocycles. The van der Waals surface area contributed by atoms with Crippen LogP contribution in [0.15, 0.2) is 0 Å². The van der Waals surface area contributed by atoms with Gasteiger partial charge in [-0.1, -0.05) is 27.4 Å². The van der Waals surface area contributed by atoms with Crippen LogP contribution in [0.5, 0.6) is 0 Å². The molecule has 0 spiro atoms. The smallest absolute Gasteiger partial charge is 0 e. The summed E-state index contributed by atoms with van der Waals surface area (Å²) in [4.78, 5) is 2.14. The molecule has 0 unspecified atom stereocenters. The number of hydrogen-bond donors (Lipinski definition) is 0. The first-order valence-electron chi connectivity index (χ1n) is 3.55. The molecule has 62 valence electrons. The minimum absolute atomic E-state index is 0. The average Bonchev–Trinajstić information content (AvgIpc) is 1.93. The molecule has 0 saturated carbocycles. The van der Waals surface area contributed by atoms with Crippen LogP contribution in [0.25, 0.3) is 5.32 Å². The van der Waals surface area contributed by atoms with E-state index < -0.39 is 0 Å². The third-order valence-corrected chi connectivity index (χ3v) is 0.923. The second kappa shape index (κ2) is 16.5. The zero-order valence-electron chi connectivity index (χ0n) is 7.81. The topological polar surface area (TPSA) is 17.3 Å². The molecule has 0 radical (unpaired) electrons. The van der Waals surface area contributed by atoms with E-state index in [1.165, 1.54) is 0 Å². The molecule has 0 aliphatic rings. The molecule has 3 heteroatoms. The quantitative estimate of drug-likeness (QED) is 0.743. The minimum atomic E-state index is 0. The molecule has 0 heterocycles. The van der Waals surface area contributed by atoms with Gasteiger partial charge < -0.3 is 10.2 Å². The van der Waals surface area contributed by atoms with Crippen LogP contribution in [0, 0.1) is 31.1 Å². The molecule has 0 aromatic rings. The second-order valence-corrected chi connectivity index (χ2v) is 1.63. The Morgan fingerprint density at radius 1 is 1.30 bits per heavy atom. The third kappa shape index (κ3) is 16.0. The van der Waals surface area contributed by atoms with Gasteiger partial charge in [0.25, 0.3) is 0 Å². The normalized spacial score (nSPS) is 7.80. The Kier molecular flexibility index (Phi) is 28.4. The van der Waals surface area contributed by atoms with Gasteiger partial charge in [-0.2, -0.15) is 7.05 Å². The molecular weight excluding hydrogens is 350 g/mol. The molecule has 0 atom stereocenters. The maximum Gasteiger partial charge on any atom is 0 e. The van der Waals surface area contributed by atoms with Crippen LogP contribution in [-0.2, 0) is 0 Å². The largest absolute Gasteiger partial charge is 0.653 e. The van der Waals surface area contributed by atoms with Crippen LogP contribution in [0.3, 0.4) is 0 Å². The summed E-state index contributed by atoms with van der Waals surface area (Å²) in [5.41, 5.74) is 0. The van der Waals surface area contributed by atoms with Crippen LogP contribution in [0.2, 0.25) is 0 Å². The van der Waals surface area contributed by atoms with Gasteiger partial charge in [0.2, 0.25) is 0 Å². The third-order valence-electron chi connectivity index (χ3n) is 0.923. The first-order chi connectivity index (χ1) is 4.31. The van der Waals surface area contributed by atoms with E-state index in [-0.39, 0.29) is 31.1 Å². The van der Waals surface area contributed by atoms with Crippen molar-refractivity contribution in [3.05, 3.63) is 5.32 Å². The van der Waals surface area contributed by atoms with E-state index in [1.807, 2.05) is 27.9 Å². The maximum absolute atomic E-state index is 3.93. The monoisotopic (exact) mass is 369 g/mol. The fourth-order valence-electron chi connectivity index (χ4n) is 0.341. The van der Waals surface area contributed by atoms with E-state index in [4.69, 9.17) is 0 Å². The fourth-order valence-corrected chi connectivity index (χ4v) is 0.341. The Morgan fingerprint density at radius 2 is 1.70 bits per heavy atom. The van der Waals surface area contributed by atoms with Gasteiger partial charge in [-0.15, -0.1) is 0 Å². The van der Waals surface area contributed by atoms with Crippen molar-refractivity contribution in [2.45, 2.75) is 20.8 Å². The van der Waals surface area contributed by atoms with Gasteiger partial charge in [-0.05, 0) is 13.6 Å². The van der Waals surface area contributed by atoms with Crippen LogP contribution in [-0.4, -0.2) is 32.2 Å². The van der Waals surface area contributed by atoms with Crippen LogP contribution in [0.4, 0.5) is 0 Å². The van der Waals surface area contributed by atoms with E-state index in [9.17, 15) is 0 Å². The summed E-state index contributed by atoms with van der Waals surface area (Å²) in [6.45, 7) is 8.05. The Morgan fingerprint density at radius 3 is 1.80 bits per heavy atom. The molecular formula is C7H19N2U-. The molecule has 0 aromatic carbocycles. The van der Waals surface area contributed by atoms with Gasteiger partial charge in [-0.25, -0.2) is 0 Å². The molecule has 2 nitrogen and oxygen atoms in total. The molecule has 0 bridgehead atoms.